The minimum absolute atomic E-state index is 0.00884. The Labute approximate surface area is 71.9 Å². The van der Waals surface area contributed by atoms with Gasteiger partial charge in [0.2, 0.25) is 0 Å². The minimum atomic E-state index is -0.00884. The van der Waals surface area contributed by atoms with E-state index in [4.69, 9.17) is 9.47 Å². The minimum Gasteiger partial charge on any atom is -0.351 e. The van der Waals surface area contributed by atoms with Crippen molar-refractivity contribution in [3.05, 3.63) is 12.2 Å². The van der Waals surface area contributed by atoms with Gasteiger partial charge >= 0.3 is 0 Å². The van der Waals surface area contributed by atoms with Crippen LogP contribution in [-0.2, 0) is 9.47 Å². The zero-order valence-corrected chi connectivity index (χ0v) is 7.65. The molecule has 0 aromatic rings. The van der Waals surface area contributed by atoms with E-state index in [1.54, 1.807) is 0 Å². The van der Waals surface area contributed by atoms with Crippen LogP contribution in [0.25, 0.3) is 0 Å². The van der Waals surface area contributed by atoms with Gasteiger partial charge in [0.25, 0.3) is 0 Å². The molecule has 1 rings (SSSR count). The van der Waals surface area contributed by atoms with Crippen LogP contribution in [0.2, 0.25) is 0 Å². The van der Waals surface area contributed by atoms with Gasteiger partial charge in [-0.1, -0.05) is 12.2 Å². The average Bonchev–Trinajstić information content (AvgIpc) is 2.03. The Morgan fingerprint density at radius 1 is 1.82 bits per heavy atom. The molecule has 1 unspecified atom stereocenters. The van der Waals surface area contributed by atoms with E-state index >= 15 is 0 Å². The van der Waals surface area contributed by atoms with Gasteiger partial charge in [-0.3, -0.25) is 0 Å². The van der Waals surface area contributed by atoms with Crippen molar-refractivity contribution in [2.24, 2.45) is 0 Å². The van der Waals surface area contributed by atoms with Crippen molar-refractivity contribution in [3.8, 4) is 0 Å². The summed E-state index contributed by atoms with van der Waals surface area (Å²) < 4.78 is 10.7. The second-order valence-corrected chi connectivity index (χ2v) is 3.79. The summed E-state index contributed by atoms with van der Waals surface area (Å²) in [6, 6.07) is 0. The normalized spacial score (nSPS) is 25.0. The van der Waals surface area contributed by atoms with Crippen LogP contribution in [0.5, 0.6) is 0 Å². The maximum absolute atomic E-state index is 5.40. The summed E-state index contributed by atoms with van der Waals surface area (Å²) in [6.07, 6.45) is -0.00884. The molecule has 1 aliphatic rings. The molecule has 2 nitrogen and oxygen atoms in total. The van der Waals surface area contributed by atoms with Gasteiger partial charge in [0.05, 0.1) is 13.2 Å². The predicted molar refractivity (Wildman–Crippen MR) is 47.8 cm³/mol. The Bertz CT molecular complexity index is 130. The molecule has 0 aliphatic carbocycles. The smallest absolute Gasteiger partial charge is 0.166 e. The first-order chi connectivity index (χ1) is 5.29. The van der Waals surface area contributed by atoms with E-state index in [9.17, 15) is 0 Å². The van der Waals surface area contributed by atoms with Crippen LogP contribution in [-0.4, -0.2) is 31.0 Å². The van der Waals surface area contributed by atoms with Gasteiger partial charge in [-0.2, -0.15) is 11.8 Å². The third-order valence-corrected chi connectivity index (χ3v) is 2.26. The number of thioether (sulfide) groups is 1. The molecule has 0 amide bonds. The molecule has 0 aromatic heterocycles. The first kappa shape index (κ1) is 9.10. The van der Waals surface area contributed by atoms with E-state index in [1.165, 1.54) is 0 Å². The van der Waals surface area contributed by atoms with E-state index in [1.807, 2.05) is 18.7 Å². The standard InChI is InChI=1S/C8H14O2S/c1-7(2)5-10-8-6-11-4-3-9-8/h8H,1,3-6H2,2H3. The molecule has 1 heterocycles. The van der Waals surface area contributed by atoms with E-state index in [0.29, 0.717) is 6.61 Å². The van der Waals surface area contributed by atoms with Crippen molar-refractivity contribution in [3.63, 3.8) is 0 Å². The second-order valence-electron chi connectivity index (χ2n) is 2.64. The molecule has 0 N–H and O–H groups in total. The summed E-state index contributed by atoms with van der Waals surface area (Å²) in [5, 5.41) is 0. The molecule has 1 fully saturated rings. The summed E-state index contributed by atoms with van der Waals surface area (Å²) in [5.74, 6) is 2.04. The SMILES string of the molecule is C=C(C)COC1CSCCO1. The molecule has 0 aromatic carbocycles. The Morgan fingerprint density at radius 3 is 3.18 bits per heavy atom. The maximum atomic E-state index is 5.40. The third kappa shape index (κ3) is 3.79. The summed E-state index contributed by atoms with van der Waals surface area (Å²) in [7, 11) is 0. The van der Waals surface area contributed by atoms with E-state index < -0.39 is 0 Å². The second kappa shape index (κ2) is 4.80. The lowest BCUT2D eigenvalue weighted by Gasteiger charge is -2.22. The molecule has 64 valence electrons. The van der Waals surface area contributed by atoms with Crippen molar-refractivity contribution < 1.29 is 9.47 Å². The molecular weight excluding hydrogens is 160 g/mol. The summed E-state index contributed by atoms with van der Waals surface area (Å²) >= 11 is 1.88. The Balaban J connectivity index is 2.09. The van der Waals surface area contributed by atoms with Crippen LogP contribution in [0.15, 0.2) is 12.2 Å². The lowest BCUT2D eigenvalue weighted by Crippen LogP contribution is -2.26. The molecule has 0 bridgehead atoms. The molecule has 0 radical (unpaired) electrons. The Kier molecular flexibility index (Phi) is 3.97. The first-order valence-corrected chi connectivity index (χ1v) is 4.90. The fraction of sp³-hybridized carbons (Fsp3) is 0.750. The van der Waals surface area contributed by atoms with Gasteiger partial charge < -0.3 is 9.47 Å². The van der Waals surface area contributed by atoms with Crippen molar-refractivity contribution >= 4 is 11.8 Å². The molecule has 3 heteroatoms. The van der Waals surface area contributed by atoms with Crippen molar-refractivity contribution in [1.29, 1.82) is 0 Å². The molecule has 1 aliphatic heterocycles. The van der Waals surface area contributed by atoms with Crippen LogP contribution in [0.3, 0.4) is 0 Å². The van der Waals surface area contributed by atoms with Crippen LogP contribution in [0.4, 0.5) is 0 Å². The highest BCUT2D eigenvalue weighted by Crippen LogP contribution is 2.13. The van der Waals surface area contributed by atoms with Gasteiger partial charge in [-0.25, -0.2) is 0 Å². The van der Waals surface area contributed by atoms with Gasteiger partial charge in [-0.15, -0.1) is 0 Å². The number of hydrogen-bond acceptors (Lipinski definition) is 3. The highest BCUT2D eigenvalue weighted by Gasteiger charge is 2.13. The van der Waals surface area contributed by atoms with E-state index in [0.717, 1.165) is 23.7 Å². The van der Waals surface area contributed by atoms with Crippen molar-refractivity contribution in [2.75, 3.05) is 24.7 Å². The summed E-state index contributed by atoms with van der Waals surface area (Å²) in [4.78, 5) is 0. The molecule has 1 atom stereocenters. The van der Waals surface area contributed by atoms with Gasteiger partial charge in [0.1, 0.15) is 0 Å². The van der Waals surface area contributed by atoms with E-state index in [-0.39, 0.29) is 6.29 Å². The first-order valence-electron chi connectivity index (χ1n) is 3.74. The average molecular weight is 174 g/mol. The fourth-order valence-corrected chi connectivity index (χ4v) is 1.56. The quantitative estimate of drug-likeness (QED) is 0.606. The zero-order valence-electron chi connectivity index (χ0n) is 6.84. The van der Waals surface area contributed by atoms with Crippen molar-refractivity contribution in [1.82, 2.24) is 0 Å². The number of rotatable bonds is 3. The van der Waals surface area contributed by atoms with Crippen molar-refractivity contribution in [2.45, 2.75) is 13.2 Å². The van der Waals surface area contributed by atoms with E-state index in [2.05, 4.69) is 6.58 Å². The molecule has 0 spiro atoms. The van der Waals surface area contributed by atoms with Crippen LogP contribution >= 0.6 is 11.8 Å². The lowest BCUT2D eigenvalue weighted by atomic mass is 10.4. The van der Waals surface area contributed by atoms with Crippen LogP contribution < -0.4 is 0 Å². The van der Waals surface area contributed by atoms with Gasteiger partial charge in [-0.05, 0) is 6.92 Å². The highest BCUT2D eigenvalue weighted by molar-refractivity contribution is 7.99. The van der Waals surface area contributed by atoms with Gasteiger partial charge in [0.15, 0.2) is 6.29 Å². The molecule has 0 saturated carbocycles. The Hall–Kier alpha value is 0.01000. The van der Waals surface area contributed by atoms with Gasteiger partial charge in [0, 0.05) is 11.5 Å². The molecular formula is C8H14O2S. The maximum Gasteiger partial charge on any atom is 0.166 e. The Morgan fingerprint density at radius 2 is 2.64 bits per heavy atom. The fourth-order valence-electron chi connectivity index (χ4n) is 0.798. The summed E-state index contributed by atoms with van der Waals surface area (Å²) in [5.41, 5.74) is 1.05. The topological polar surface area (TPSA) is 18.5 Å². The molecule has 1 saturated heterocycles. The predicted octanol–water partition coefficient (Wildman–Crippen LogP) is 1.67. The van der Waals surface area contributed by atoms with Crippen LogP contribution in [0.1, 0.15) is 6.92 Å². The number of hydrogen-bond donors (Lipinski definition) is 0. The number of ether oxygens (including phenoxy) is 2. The third-order valence-electron chi connectivity index (χ3n) is 1.30. The largest absolute Gasteiger partial charge is 0.351 e. The monoisotopic (exact) mass is 174 g/mol. The summed E-state index contributed by atoms with van der Waals surface area (Å²) in [6.45, 7) is 7.13. The van der Waals surface area contributed by atoms with Crippen LogP contribution in [0, 0.1) is 0 Å². The lowest BCUT2D eigenvalue weighted by molar-refractivity contribution is -0.119. The molecule has 11 heavy (non-hydrogen) atoms. The zero-order chi connectivity index (χ0) is 8.10. The highest BCUT2D eigenvalue weighted by atomic mass is 32.2.